The number of sulfonamides is 1. The van der Waals surface area contributed by atoms with Crippen LogP contribution in [0.1, 0.15) is 67.2 Å². The van der Waals surface area contributed by atoms with E-state index in [2.05, 4.69) is 11.6 Å². The van der Waals surface area contributed by atoms with Gasteiger partial charge in [0.05, 0.1) is 24.3 Å². The van der Waals surface area contributed by atoms with Crippen molar-refractivity contribution in [1.82, 2.24) is 9.62 Å². The van der Waals surface area contributed by atoms with Crippen molar-refractivity contribution in [3.63, 3.8) is 0 Å². The molecule has 166 valence electrons. The van der Waals surface area contributed by atoms with E-state index in [1.165, 1.54) is 20.0 Å². The number of amides is 2. The minimum absolute atomic E-state index is 0.00485. The Bertz CT molecular complexity index is 927. The summed E-state index contributed by atoms with van der Waals surface area (Å²) in [5, 5.41) is 0. The molecule has 2 rings (SSSR count). The van der Waals surface area contributed by atoms with Crippen LogP contribution in [0.15, 0.2) is 17.0 Å². The molecule has 0 fully saturated rings. The van der Waals surface area contributed by atoms with Gasteiger partial charge in [-0.15, -0.1) is 0 Å². The number of esters is 1. The van der Waals surface area contributed by atoms with Gasteiger partial charge in [-0.1, -0.05) is 26.2 Å². The van der Waals surface area contributed by atoms with E-state index in [1.807, 2.05) is 0 Å². The van der Waals surface area contributed by atoms with Crippen molar-refractivity contribution in [1.29, 1.82) is 0 Å². The van der Waals surface area contributed by atoms with Crippen LogP contribution >= 0.6 is 0 Å². The molecule has 1 aliphatic rings. The van der Waals surface area contributed by atoms with E-state index in [1.54, 1.807) is 6.92 Å². The summed E-state index contributed by atoms with van der Waals surface area (Å²) in [5.41, 5.74) is -0.0990. The fourth-order valence-electron chi connectivity index (χ4n) is 3.13. The number of hydrogen-bond donors (Lipinski definition) is 1. The Morgan fingerprint density at radius 1 is 1.10 bits per heavy atom. The molecule has 0 aliphatic carbocycles. The molecule has 0 radical (unpaired) electrons. The predicted molar refractivity (Wildman–Crippen MR) is 109 cm³/mol. The molecule has 9 nitrogen and oxygen atoms in total. The largest absolute Gasteiger partial charge is 0.492 e. The average molecular weight is 441 g/mol. The molecule has 1 heterocycles. The summed E-state index contributed by atoms with van der Waals surface area (Å²) in [7, 11) is -2.70. The third-order valence-corrected chi connectivity index (χ3v) is 6.25. The molecule has 1 aliphatic heterocycles. The van der Waals surface area contributed by atoms with Crippen LogP contribution in [-0.4, -0.2) is 57.4 Å². The number of unbranched alkanes of at least 4 members (excludes halogenated alkanes) is 3. The number of ether oxygens (including phenoxy) is 2. The molecule has 1 unspecified atom stereocenters. The van der Waals surface area contributed by atoms with Crippen molar-refractivity contribution in [3.05, 3.63) is 23.3 Å². The lowest BCUT2D eigenvalue weighted by Gasteiger charge is -2.20. The highest BCUT2D eigenvalue weighted by atomic mass is 32.2. The average Bonchev–Trinajstić information content (AvgIpc) is 2.96. The third-order valence-electron chi connectivity index (χ3n) is 4.81. The van der Waals surface area contributed by atoms with Crippen LogP contribution in [-0.2, 0) is 19.6 Å². The number of carbonyl (C=O) groups is 3. The first-order chi connectivity index (χ1) is 14.2. The lowest BCUT2D eigenvalue weighted by molar-refractivity contribution is -0.147. The fourth-order valence-corrected chi connectivity index (χ4v) is 4.00. The Kier molecular flexibility index (Phi) is 7.96. The van der Waals surface area contributed by atoms with Crippen molar-refractivity contribution >= 4 is 27.8 Å². The first-order valence-corrected chi connectivity index (χ1v) is 11.5. The highest BCUT2D eigenvalue weighted by Crippen LogP contribution is 2.34. The molecule has 10 heteroatoms. The number of benzene rings is 1. The molecule has 0 spiro atoms. The Labute approximate surface area is 176 Å². The second-order valence-corrected chi connectivity index (χ2v) is 8.72. The van der Waals surface area contributed by atoms with Crippen LogP contribution in [0.5, 0.6) is 5.75 Å². The SMILES string of the molecule is CCCCCCOc1cc2c(cc1S(=O)(=O)NC)C(=O)N(C(C)C(=O)OCC)C2=O. The number of nitrogens with zero attached hydrogens (tertiary/aromatic N) is 1. The Morgan fingerprint density at radius 2 is 1.73 bits per heavy atom. The van der Waals surface area contributed by atoms with E-state index < -0.39 is 33.8 Å². The van der Waals surface area contributed by atoms with Gasteiger partial charge in [-0.2, -0.15) is 0 Å². The summed E-state index contributed by atoms with van der Waals surface area (Å²) in [6.45, 7) is 5.45. The standard InChI is InChI=1S/C20H28N2O7S/c1-5-7-8-9-10-29-16-11-14-15(12-17(16)30(26,27)21-4)19(24)22(18(14)23)13(3)20(25)28-6-2/h11-13,21H,5-10H2,1-4H3. The summed E-state index contributed by atoms with van der Waals surface area (Å²) in [4.78, 5) is 38.2. The van der Waals surface area contributed by atoms with Crippen molar-refractivity contribution in [2.45, 2.75) is 57.4 Å². The summed E-state index contributed by atoms with van der Waals surface area (Å²) in [6, 6.07) is 1.25. The molecule has 1 aromatic rings. The summed E-state index contributed by atoms with van der Waals surface area (Å²) in [5.74, 6) is -2.17. The summed E-state index contributed by atoms with van der Waals surface area (Å²) >= 11 is 0. The van der Waals surface area contributed by atoms with E-state index >= 15 is 0 Å². The first kappa shape index (κ1) is 23.8. The maximum Gasteiger partial charge on any atom is 0.329 e. The second-order valence-electron chi connectivity index (χ2n) is 6.87. The van der Waals surface area contributed by atoms with Gasteiger partial charge in [0.25, 0.3) is 11.8 Å². The van der Waals surface area contributed by atoms with Gasteiger partial charge in [-0.3, -0.25) is 14.5 Å². The minimum Gasteiger partial charge on any atom is -0.492 e. The van der Waals surface area contributed by atoms with Gasteiger partial charge in [0.15, 0.2) is 0 Å². The van der Waals surface area contributed by atoms with E-state index in [0.717, 1.165) is 36.6 Å². The van der Waals surface area contributed by atoms with E-state index in [9.17, 15) is 22.8 Å². The van der Waals surface area contributed by atoms with Crippen molar-refractivity contribution < 1.29 is 32.3 Å². The number of fused-ring (bicyclic) bond motifs is 1. The van der Waals surface area contributed by atoms with Gasteiger partial charge in [-0.25, -0.2) is 17.9 Å². The van der Waals surface area contributed by atoms with E-state index in [4.69, 9.17) is 9.47 Å². The molecule has 0 bridgehead atoms. The molecule has 2 amide bonds. The molecular formula is C20H28N2O7S. The Hall–Kier alpha value is -2.46. The Morgan fingerprint density at radius 3 is 2.30 bits per heavy atom. The van der Waals surface area contributed by atoms with Crippen LogP contribution in [0, 0.1) is 0 Å². The zero-order valence-corrected chi connectivity index (χ0v) is 18.5. The molecule has 0 saturated heterocycles. The van der Waals surface area contributed by atoms with Crippen molar-refractivity contribution in [2.24, 2.45) is 0 Å². The van der Waals surface area contributed by atoms with E-state index in [-0.39, 0.29) is 35.0 Å². The molecule has 30 heavy (non-hydrogen) atoms. The van der Waals surface area contributed by atoms with Gasteiger partial charge in [0, 0.05) is 0 Å². The zero-order valence-electron chi connectivity index (χ0n) is 17.7. The highest BCUT2D eigenvalue weighted by molar-refractivity contribution is 7.89. The minimum atomic E-state index is -3.95. The quantitative estimate of drug-likeness (QED) is 0.318. The van der Waals surface area contributed by atoms with Crippen LogP contribution in [0.25, 0.3) is 0 Å². The Balaban J connectivity index is 2.42. The molecule has 1 atom stereocenters. The topological polar surface area (TPSA) is 119 Å². The van der Waals surface area contributed by atoms with E-state index in [0.29, 0.717) is 0 Å². The molecule has 0 aromatic heterocycles. The van der Waals surface area contributed by atoms with Crippen molar-refractivity contribution in [3.8, 4) is 5.75 Å². The number of hydrogen-bond acceptors (Lipinski definition) is 7. The summed E-state index contributed by atoms with van der Waals surface area (Å²) < 4.78 is 37.7. The maximum atomic E-state index is 12.8. The van der Waals surface area contributed by atoms with Crippen molar-refractivity contribution in [2.75, 3.05) is 20.3 Å². The molecular weight excluding hydrogens is 412 g/mol. The predicted octanol–water partition coefficient (Wildman–Crippen LogP) is 2.10. The number of imide groups is 1. The number of rotatable bonds is 11. The third kappa shape index (κ3) is 4.81. The van der Waals surface area contributed by atoms with Gasteiger partial charge < -0.3 is 9.47 Å². The van der Waals surface area contributed by atoms with Crippen LogP contribution in [0.2, 0.25) is 0 Å². The normalized spacial score (nSPS) is 14.6. The molecule has 1 N–H and O–H groups in total. The lowest BCUT2D eigenvalue weighted by atomic mass is 10.1. The molecule has 0 saturated carbocycles. The smallest absolute Gasteiger partial charge is 0.329 e. The highest BCUT2D eigenvalue weighted by Gasteiger charge is 2.43. The molecule has 1 aromatic carbocycles. The van der Waals surface area contributed by atoms with Crippen LogP contribution in [0.4, 0.5) is 0 Å². The van der Waals surface area contributed by atoms with Gasteiger partial charge in [0.2, 0.25) is 10.0 Å². The first-order valence-electron chi connectivity index (χ1n) is 9.98. The zero-order chi connectivity index (χ0) is 22.5. The van der Waals surface area contributed by atoms with Crippen LogP contribution < -0.4 is 9.46 Å². The number of nitrogens with one attached hydrogen (secondary N) is 1. The second kappa shape index (κ2) is 10.0. The lowest BCUT2D eigenvalue weighted by Crippen LogP contribution is -2.43. The number of carbonyl (C=O) groups excluding carboxylic acids is 3. The van der Waals surface area contributed by atoms with Gasteiger partial charge in [0.1, 0.15) is 16.7 Å². The maximum absolute atomic E-state index is 12.8. The van der Waals surface area contributed by atoms with Gasteiger partial charge in [-0.05, 0) is 39.4 Å². The van der Waals surface area contributed by atoms with Crippen LogP contribution in [0.3, 0.4) is 0 Å². The fraction of sp³-hybridized carbons (Fsp3) is 0.550. The monoisotopic (exact) mass is 440 g/mol. The summed E-state index contributed by atoms with van der Waals surface area (Å²) in [6.07, 6.45) is 3.73. The van der Waals surface area contributed by atoms with Gasteiger partial charge >= 0.3 is 5.97 Å².